The molecule has 3 aliphatic rings. The Morgan fingerprint density at radius 2 is 1.96 bits per heavy atom. The summed E-state index contributed by atoms with van der Waals surface area (Å²) < 4.78 is 5.64. The maximum atomic E-state index is 13.5. The van der Waals surface area contributed by atoms with Crippen LogP contribution in [0.3, 0.4) is 0 Å². The molecule has 47 heavy (non-hydrogen) atoms. The van der Waals surface area contributed by atoms with Gasteiger partial charge in [-0.15, -0.1) is 23.1 Å². The number of methoxy groups -OCH3 is 1. The molecular weight excluding hydrogens is 660 g/mol. The van der Waals surface area contributed by atoms with Crippen LogP contribution in [0.25, 0.3) is 0 Å². The summed E-state index contributed by atoms with van der Waals surface area (Å²) in [5.74, 6) is -4.49. The van der Waals surface area contributed by atoms with Crippen LogP contribution in [0.15, 0.2) is 21.8 Å². The monoisotopic (exact) mass is 697 g/mol. The highest BCUT2D eigenvalue weighted by Crippen LogP contribution is 2.41. The molecule has 0 spiro atoms. The van der Waals surface area contributed by atoms with E-state index >= 15 is 0 Å². The molecule has 3 amide bonds. The van der Waals surface area contributed by atoms with Gasteiger partial charge in [0.2, 0.25) is 12.5 Å². The first-order valence-electron chi connectivity index (χ1n) is 14.6. The van der Waals surface area contributed by atoms with Crippen LogP contribution in [0.2, 0.25) is 0 Å². The van der Waals surface area contributed by atoms with Crippen molar-refractivity contribution in [2.75, 3.05) is 57.9 Å². The first kappa shape index (κ1) is 35.6. The van der Waals surface area contributed by atoms with Crippen molar-refractivity contribution < 1.29 is 53.0 Å². The minimum atomic E-state index is -1.31. The first-order valence-corrected chi connectivity index (χ1v) is 16.6. The standard InChI is InChI=1S/C27H36N8O10S2/c1-44-26(43)21-14(10-35(7-2-3-8-35)9-6-30-17(36)5-4-15(28)25(41)42)12-46-24-20(23(40)34(21)24)32-22(39)19(33-45-11-18(37)38)16-13-47-27(29)31-16/h13,15,20,24H,2-12,28H2,1H3,(H5-,29,30,31,32,36,37,38,39,41,42)/p+1/b33-19-/t15-,20+,24+/m0/s1. The number of carbonyl (C=O) groups excluding carboxylic acids is 4. The molecule has 256 valence electrons. The molecule has 18 nitrogen and oxygen atoms in total. The SMILES string of the molecule is COC(=O)C1=C(C[N+]2(CCNC(=O)CC[C@H](N)C(=O)O)CCCC2)CS[C@@H]2[C@H](NC(=O)/C(=N\OCC(=O)O)c3csc(N)n3)C(=O)N12. The smallest absolute Gasteiger partial charge is 0.355 e. The number of carbonyl (C=O) groups is 6. The van der Waals surface area contributed by atoms with E-state index in [2.05, 4.69) is 20.8 Å². The average Bonchev–Trinajstić information content (AvgIpc) is 3.68. The fourth-order valence-corrected chi connectivity index (χ4v) is 7.54. The van der Waals surface area contributed by atoms with Crippen molar-refractivity contribution in [3.8, 4) is 0 Å². The maximum absolute atomic E-state index is 13.5. The predicted octanol–water partition coefficient (Wildman–Crippen LogP) is -1.72. The number of aromatic nitrogens is 1. The number of thioether (sulfide) groups is 1. The molecule has 0 bridgehead atoms. The summed E-state index contributed by atoms with van der Waals surface area (Å²) >= 11 is 2.39. The van der Waals surface area contributed by atoms with E-state index in [-0.39, 0.29) is 41.0 Å². The average molecular weight is 698 g/mol. The number of nitrogen functional groups attached to an aromatic ring is 1. The van der Waals surface area contributed by atoms with E-state index in [1.54, 1.807) is 0 Å². The van der Waals surface area contributed by atoms with Crippen LogP contribution in [0.5, 0.6) is 0 Å². The molecule has 4 rings (SSSR count). The third kappa shape index (κ3) is 8.56. The topological polar surface area (TPSA) is 266 Å². The van der Waals surface area contributed by atoms with Gasteiger partial charge in [-0.2, -0.15) is 0 Å². The molecule has 8 N–H and O–H groups in total. The number of hydrogen-bond donors (Lipinski definition) is 6. The van der Waals surface area contributed by atoms with Gasteiger partial charge in [0.1, 0.15) is 35.4 Å². The second-order valence-corrected chi connectivity index (χ2v) is 13.2. The van der Waals surface area contributed by atoms with Crippen LogP contribution in [0, 0.1) is 0 Å². The quantitative estimate of drug-likeness (QED) is 0.0369. The summed E-state index contributed by atoms with van der Waals surface area (Å²) in [6.45, 7) is 2.11. The second-order valence-electron chi connectivity index (χ2n) is 11.2. The number of esters is 1. The summed E-state index contributed by atoms with van der Waals surface area (Å²) in [5, 5.41) is 27.8. The number of thiazole rings is 1. The predicted molar refractivity (Wildman–Crippen MR) is 168 cm³/mol. The molecule has 0 aromatic carbocycles. The fourth-order valence-electron chi connectivity index (χ4n) is 5.66. The molecule has 3 aliphatic heterocycles. The van der Waals surface area contributed by atoms with Crippen LogP contribution in [-0.4, -0.2) is 136 Å². The van der Waals surface area contributed by atoms with Crippen LogP contribution in [0.1, 0.15) is 31.4 Å². The van der Waals surface area contributed by atoms with Gasteiger partial charge in [-0.05, 0) is 6.42 Å². The number of nitrogens with two attached hydrogens (primary N) is 2. The van der Waals surface area contributed by atoms with Crippen molar-refractivity contribution in [2.45, 2.75) is 43.1 Å². The van der Waals surface area contributed by atoms with Gasteiger partial charge in [-0.25, -0.2) is 14.6 Å². The number of fused-ring (bicyclic) bond motifs is 1. The number of carboxylic acids is 2. The molecule has 4 heterocycles. The lowest BCUT2D eigenvalue weighted by molar-refractivity contribution is -0.911. The van der Waals surface area contributed by atoms with E-state index < -0.39 is 53.8 Å². The number of amides is 3. The molecule has 0 saturated carbocycles. The Morgan fingerprint density at radius 3 is 2.57 bits per heavy atom. The molecule has 1 aromatic rings. The number of carboxylic acid groups (broad SMARTS) is 2. The van der Waals surface area contributed by atoms with Crippen molar-refractivity contribution >= 4 is 69.6 Å². The number of aliphatic carboxylic acids is 2. The van der Waals surface area contributed by atoms with Crippen molar-refractivity contribution in [3.63, 3.8) is 0 Å². The number of β-lactam (4-membered cyclic amide) rings is 1. The minimum absolute atomic E-state index is 0.0154. The number of likely N-dealkylation sites (tertiary alicyclic amines) is 1. The first-order chi connectivity index (χ1) is 22.4. The van der Waals surface area contributed by atoms with Gasteiger partial charge in [0.05, 0.1) is 33.3 Å². The summed E-state index contributed by atoms with van der Waals surface area (Å²) in [6, 6.07) is -2.15. The lowest BCUT2D eigenvalue weighted by Gasteiger charge is -2.50. The Hall–Kier alpha value is -4.27. The highest BCUT2D eigenvalue weighted by molar-refractivity contribution is 8.00. The molecule has 0 aliphatic carbocycles. The lowest BCUT2D eigenvalue weighted by atomic mass is 10.0. The number of ether oxygens (including phenoxy) is 1. The van der Waals surface area contributed by atoms with E-state index in [0.717, 1.165) is 37.3 Å². The van der Waals surface area contributed by atoms with Crippen LogP contribution in [-0.2, 0) is 38.3 Å². The Labute approximate surface area is 277 Å². The summed E-state index contributed by atoms with van der Waals surface area (Å²) in [5.41, 5.74) is 11.7. The van der Waals surface area contributed by atoms with Gasteiger partial charge in [0, 0.05) is 36.0 Å². The van der Waals surface area contributed by atoms with Crippen molar-refractivity contribution in [1.29, 1.82) is 0 Å². The molecule has 2 saturated heterocycles. The Kier molecular flexibility index (Phi) is 11.8. The van der Waals surface area contributed by atoms with E-state index in [0.29, 0.717) is 35.4 Å². The van der Waals surface area contributed by atoms with Gasteiger partial charge >= 0.3 is 17.9 Å². The van der Waals surface area contributed by atoms with Gasteiger partial charge in [0.15, 0.2) is 10.8 Å². The zero-order valence-corrected chi connectivity index (χ0v) is 27.1. The largest absolute Gasteiger partial charge is 0.480 e. The van der Waals surface area contributed by atoms with E-state index in [9.17, 15) is 28.8 Å². The zero-order valence-electron chi connectivity index (χ0n) is 25.5. The lowest BCUT2D eigenvalue weighted by Crippen LogP contribution is -2.71. The van der Waals surface area contributed by atoms with Crippen LogP contribution >= 0.6 is 23.1 Å². The van der Waals surface area contributed by atoms with Crippen LogP contribution in [0.4, 0.5) is 5.13 Å². The van der Waals surface area contributed by atoms with E-state index in [1.165, 1.54) is 29.2 Å². The summed E-state index contributed by atoms with van der Waals surface area (Å²) in [4.78, 5) is 83.9. The molecule has 20 heteroatoms. The Bertz CT molecular complexity index is 1470. The highest BCUT2D eigenvalue weighted by Gasteiger charge is 2.55. The molecule has 0 unspecified atom stereocenters. The van der Waals surface area contributed by atoms with E-state index in [1.807, 2.05) is 0 Å². The third-order valence-corrected chi connectivity index (χ3v) is 10.00. The molecular formula is C27H37N8O10S2+. The molecule has 2 fully saturated rings. The van der Waals surface area contributed by atoms with Crippen LogP contribution < -0.4 is 22.1 Å². The highest BCUT2D eigenvalue weighted by atomic mass is 32.2. The third-order valence-electron chi connectivity index (χ3n) is 7.99. The Morgan fingerprint density at radius 1 is 1.23 bits per heavy atom. The summed E-state index contributed by atoms with van der Waals surface area (Å²) in [6.07, 6.45) is 1.89. The number of oxime groups is 1. The summed E-state index contributed by atoms with van der Waals surface area (Å²) in [7, 11) is 1.22. The number of quaternary nitrogens is 1. The molecule has 3 atom stereocenters. The number of nitrogens with zero attached hydrogens (tertiary/aromatic N) is 4. The minimum Gasteiger partial charge on any atom is -0.480 e. The van der Waals surface area contributed by atoms with Gasteiger partial charge in [-0.3, -0.25) is 24.1 Å². The van der Waals surface area contributed by atoms with Crippen molar-refractivity contribution in [2.24, 2.45) is 10.9 Å². The van der Waals surface area contributed by atoms with Gasteiger partial charge in [0.25, 0.3) is 11.8 Å². The van der Waals surface area contributed by atoms with Crippen molar-refractivity contribution in [1.82, 2.24) is 20.5 Å². The van der Waals surface area contributed by atoms with Gasteiger partial charge < -0.3 is 46.4 Å². The number of rotatable bonds is 16. The fraction of sp³-hybridized carbons (Fsp3) is 0.556. The number of anilines is 1. The van der Waals surface area contributed by atoms with E-state index in [4.69, 9.17) is 31.3 Å². The zero-order chi connectivity index (χ0) is 34.3. The molecule has 1 aromatic heterocycles. The second kappa shape index (κ2) is 15.5. The number of hydrogen-bond acceptors (Lipinski definition) is 14. The van der Waals surface area contributed by atoms with Gasteiger partial charge in [-0.1, -0.05) is 5.16 Å². The Balaban J connectivity index is 1.46. The maximum Gasteiger partial charge on any atom is 0.355 e. The normalized spacial score (nSPS) is 20.9. The molecule has 0 radical (unpaired) electrons. The number of nitrogens with one attached hydrogen (secondary N) is 2. The van der Waals surface area contributed by atoms with Crippen molar-refractivity contribution in [3.05, 3.63) is 22.3 Å².